The molecule has 0 radical (unpaired) electrons. The fourth-order valence-corrected chi connectivity index (χ4v) is 24.9. The van der Waals surface area contributed by atoms with Gasteiger partial charge >= 0.3 is 270 Å². The molecule has 0 fully saturated rings. The van der Waals surface area contributed by atoms with Crippen molar-refractivity contribution < 1.29 is 18.3 Å². The van der Waals surface area contributed by atoms with Crippen LogP contribution in [0.4, 0.5) is 0 Å². The summed E-state index contributed by atoms with van der Waals surface area (Å²) in [5.41, 5.74) is 8.74. The molecule has 1 atom stereocenters. The van der Waals surface area contributed by atoms with Crippen molar-refractivity contribution in [1.82, 2.24) is 0 Å². The summed E-state index contributed by atoms with van der Waals surface area (Å²) in [4.78, 5) is 0. The summed E-state index contributed by atoms with van der Waals surface area (Å²) in [5, 5.41) is 1.43. The maximum absolute atomic E-state index is 6.87. The molecule has 0 amide bonds. The number of allylic oxidation sites excluding steroid dienone is 4. The molecule has 0 bridgehead atoms. The van der Waals surface area contributed by atoms with E-state index >= 15 is 0 Å². The number of fused-ring (bicyclic) bond motifs is 3. The first-order chi connectivity index (χ1) is 20.4. The minimum atomic E-state index is -5.10. The summed E-state index contributed by atoms with van der Waals surface area (Å²) in [7, 11) is 0. The molecule has 4 aromatic carbocycles. The van der Waals surface area contributed by atoms with Gasteiger partial charge in [0, 0.05) is 0 Å². The van der Waals surface area contributed by atoms with Gasteiger partial charge < -0.3 is 0 Å². The van der Waals surface area contributed by atoms with E-state index in [9.17, 15) is 0 Å². The Morgan fingerprint density at radius 2 is 1.36 bits per heavy atom. The predicted octanol–water partition coefficient (Wildman–Crippen LogP) is 10.6. The van der Waals surface area contributed by atoms with Crippen molar-refractivity contribution in [1.29, 1.82) is 0 Å². The Labute approximate surface area is 292 Å². The van der Waals surface area contributed by atoms with Crippen molar-refractivity contribution >= 4 is 74.2 Å². The normalized spacial score (nSPS) is 15.6. The van der Waals surface area contributed by atoms with Crippen LogP contribution in [0.2, 0.25) is 10.0 Å². The third kappa shape index (κ3) is 5.58. The molecule has 0 nitrogen and oxygen atoms in total. The maximum Gasteiger partial charge on any atom is -0.147 e. The first-order valence-corrected chi connectivity index (χ1v) is 22.3. The molecule has 2 aliphatic rings. The first-order valence-electron chi connectivity index (χ1n) is 14.9. The van der Waals surface area contributed by atoms with Gasteiger partial charge in [-0.1, -0.05) is 0 Å². The summed E-state index contributed by atoms with van der Waals surface area (Å²) in [5.74, 6) is 0.189. The smallest absolute Gasteiger partial charge is 0.147 e. The van der Waals surface area contributed by atoms with Crippen molar-refractivity contribution in [3.63, 3.8) is 0 Å². The van der Waals surface area contributed by atoms with Crippen LogP contribution in [0.15, 0.2) is 113 Å². The quantitative estimate of drug-likeness (QED) is 0.162. The first kappa shape index (κ1) is 35.6. The predicted molar refractivity (Wildman–Crippen MR) is 203 cm³/mol. The average Bonchev–Trinajstić information content (AvgIpc) is 3.57. The number of halogens is 4. The molecule has 0 spiro atoms. The summed E-state index contributed by atoms with van der Waals surface area (Å²) in [6.45, 7) is 17.5. The van der Waals surface area contributed by atoms with Crippen LogP contribution in [-0.2, 0) is 24.7 Å². The van der Waals surface area contributed by atoms with E-state index in [0.717, 1.165) is 17.5 Å². The molecule has 0 N–H and O–H groups in total. The second-order valence-electron chi connectivity index (χ2n) is 13.3. The summed E-state index contributed by atoms with van der Waals surface area (Å²) >= 11 is 8.63. The van der Waals surface area contributed by atoms with Crippen molar-refractivity contribution in [3.05, 3.63) is 145 Å². The molecule has 0 aromatic heterocycles. The van der Waals surface area contributed by atoms with Gasteiger partial charge in [0.15, 0.2) is 0 Å². The van der Waals surface area contributed by atoms with Crippen LogP contribution in [-0.4, -0.2) is 4.21 Å². The number of benzene rings is 4. The number of hydrogen-bond donors (Lipinski definition) is 0. The third-order valence-corrected chi connectivity index (χ3v) is 26.7. The van der Waals surface area contributed by atoms with E-state index in [-0.39, 0.29) is 36.1 Å². The second-order valence-corrected chi connectivity index (χ2v) is 27.0. The van der Waals surface area contributed by atoms with Gasteiger partial charge in [-0.15, -0.1) is 24.8 Å². The van der Waals surface area contributed by atoms with Gasteiger partial charge in [0.05, 0.1) is 0 Å². The van der Waals surface area contributed by atoms with E-state index in [1.54, 1.807) is 0 Å². The Morgan fingerprint density at radius 1 is 0.778 bits per heavy atom. The van der Waals surface area contributed by atoms with E-state index in [1.165, 1.54) is 40.9 Å². The largest absolute Gasteiger partial charge is 0.147 e. The van der Waals surface area contributed by atoms with Gasteiger partial charge in [0.1, 0.15) is 0 Å². The summed E-state index contributed by atoms with van der Waals surface area (Å²) in [6, 6.07) is 28.3. The molecule has 1 unspecified atom stereocenters. The molecular formula is C40H40Cl4Zr. The summed E-state index contributed by atoms with van der Waals surface area (Å²) < 4.78 is 10.8. The zero-order valence-electron chi connectivity index (χ0n) is 26.3. The molecule has 4 aromatic rings. The van der Waals surface area contributed by atoms with Crippen LogP contribution in [0.25, 0.3) is 23.3 Å². The molecule has 0 saturated carbocycles. The molecule has 232 valence electrons. The molecule has 0 saturated heterocycles. The monoisotopic (exact) mass is 750 g/mol. The van der Waals surface area contributed by atoms with Crippen LogP contribution < -0.4 is 9.81 Å². The molecule has 2 aliphatic carbocycles. The zero-order chi connectivity index (χ0) is 30.8. The Balaban J connectivity index is 0.00000230. The van der Waals surface area contributed by atoms with Crippen LogP contribution in [0.1, 0.15) is 49.9 Å². The minimum absolute atomic E-state index is 0. The van der Waals surface area contributed by atoms with Gasteiger partial charge in [0.2, 0.25) is 0 Å². The van der Waals surface area contributed by atoms with Crippen molar-refractivity contribution in [3.8, 4) is 11.1 Å². The van der Waals surface area contributed by atoms with E-state index in [1.807, 2.05) is 24.3 Å². The Morgan fingerprint density at radius 3 is 1.87 bits per heavy atom. The number of rotatable bonds is 6. The Hall–Kier alpha value is -2.25. The SMILES string of the molecule is C=Cc1ccc2c(c1)-c1cc(C=C)c[c]([Zr](=[CH2])([C]3=CC(C(C)(C)C)=CC3C)([c]3cccc(Cl)c3)[c]3cccc(Cl)c3)c1C2.Cl.Cl. The zero-order valence-corrected chi connectivity index (χ0v) is 31.9. The van der Waals surface area contributed by atoms with Gasteiger partial charge in [-0.25, -0.2) is 0 Å². The van der Waals surface area contributed by atoms with E-state index in [2.05, 4.69) is 120 Å². The van der Waals surface area contributed by atoms with E-state index in [0.29, 0.717) is 10.0 Å². The maximum atomic E-state index is 6.87. The van der Waals surface area contributed by atoms with Crippen LogP contribution in [0, 0.1) is 11.3 Å². The topological polar surface area (TPSA) is 0 Å². The fourth-order valence-electron chi connectivity index (χ4n) is 7.52. The second kappa shape index (κ2) is 12.7. The third-order valence-electron chi connectivity index (χ3n) is 9.79. The van der Waals surface area contributed by atoms with Gasteiger partial charge in [-0.2, -0.15) is 0 Å². The van der Waals surface area contributed by atoms with Crippen LogP contribution >= 0.6 is 48.0 Å². The van der Waals surface area contributed by atoms with Crippen molar-refractivity contribution in [2.75, 3.05) is 0 Å². The molecular weight excluding hydrogens is 713 g/mol. The minimum Gasteiger partial charge on any atom is -0.147 e. The molecule has 45 heavy (non-hydrogen) atoms. The van der Waals surface area contributed by atoms with Gasteiger partial charge in [-0.3, -0.25) is 0 Å². The van der Waals surface area contributed by atoms with Crippen molar-refractivity contribution in [2.24, 2.45) is 11.3 Å². The average molecular weight is 754 g/mol. The molecule has 5 heteroatoms. The van der Waals surface area contributed by atoms with Gasteiger partial charge in [0.25, 0.3) is 0 Å². The molecule has 0 aliphatic heterocycles. The molecule has 6 rings (SSSR count). The van der Waals surface area contributed by atoms with Gasteiger partial charge in [-0.05, 0) is 0 Å². The fraction of sp³-hybridized carbons (Fsp3) is 0.175. The number of hydrogen-bond acceptors (Lipinski definition) is 0. The Bertz CT molecular complexity index is 1920. The van der Waals surface area contributed by atoms with Crippen LogP contribution in [0.3, 0.4) is 0 Å². The van der Waals surface area contributed by atoms with Crippen molar-refractivity contribution in [2.45, 2.75) is 34.1 Å². The van der Waals surface area contributed by atoms with E-state index in [4.69, 9.17) is 27.4 Å². The van der Waals surface area contributed by atoms with Crippen LogP contribution in [0.5, 0.6) is 0 Å². The molecule has 0 heterocycles. The Kier molecular flexibility index (Phi) is 10.1. The summed E-state index contributed by atoms with van der Waals surface area (Å²) in [6.07, 6.45) is 9.67. The standard InChI is InChI=1S/C17H13.C10H15.2C6H4Cl.CH2.2ClH.Zr/c1-3-12-5-7-14-11-15-8-6-13(4-2)10-17(15)16(14)9-12;1-8-5-6-9(7-8)10(2,3)4;2*7-6-4-2-1-3-5-6;;;;/h3-7,9-10H,1-2,11H2;6-8H,1-4H3;2*1-2,4-5H;1H2;2*1H;. The van der Waals surface area contributed by atoms with E-state index < -0.39 is 18.3 Å².